The van der Waals surface area contributed by atoms with Gasteiger partial charge in [0, 0.05) is 12.0 Å². The van der Waals surface area contributed by atoms with Crippen molar-refractivity contribution < 1.29 is 13.9 Å². The molecule has 3 N–H and O–H groups in total. The zero-order valence-electron chi connectivity index (χ0n) is 11.3. The highest BCUT2D eigenvalue weighted by Gasteiger charge is 2.33. The fourth-order valence-electron chi connectivity index (χ4n) is 2.41. The Morgan fingerprint density at radius 1 is 1.10 bits per heavy atom. The summed E-state index contributed by atoms with van der Waals surface area (Å²) in [5, 5.41) is 9.79. The molecule has 0 fully saturated rings. The Hall–Kier alpha value is -1.49. The van der Waals surface area contributed by atoms with Gasteiger partial charge in [0.1, 0.15) is 11.6 Å². The summed E-state index contributed by atoms with van der Waals surface area (Å²) in [6.07, 6.45) is 0.217. The van der Waals surface area contributed by atoms with Crippen LogP contribution in [-0.4, -0.2) is 18.3 Å². The Bertz CT molecular complexity index is 629. The number of rotatable bonds is 5. The molecule has 112 valence electrons. The van der Waals surface area contributed by atoms with Gasteiger partial charge in [0.15, 0.2) is 0 Å². The molecular formula is C16H16ClF2NO. The number of aliphatic hydroxyl groups is 1. The van der Waals surface area contributed by atoms with Crippen molar-refractivity contribution in [2.75, 3.05) is 13.2 Å². The molecule has 2 nitrogen and oxygen atoms in total. The van der Waals surface area contributed by atoms with Crippen LogP contribution in [0.5, 0.6) is 0 Å². The van der Waals surface area contributed by atoms with Crippen molar-refractivity contribution in [2.45, 2.75) is 11.8 Å². The molecule has 0 aliphatic rings. The molecule has 2 aromatic carbocycles. The molecule has 0 bridgehead atoms. The van der Waals surface area contributed by atoms with Crippen molar-refractivity contribution >= 4 is 11.6 Å². The second kappa shape index (κ2) is 6.52. The fraction of sp³-hybridized carbons (Fsp3) is 0.250. The number of benzene rings is 2. The van der Waals surface area contributed by atoms with Crippen LogP contribution in [0.1, 0.15) is 11.1 Å². The number of hydrogen-bond donors (Lipinski definition) is 2. The van der Waals surface area contributed by atoms with Gasteiger partial charge in [0.05, 0.1) is 11.6 Å². The van der Waals surface area contributed by atoms with E-state index in [0.717, 1.165) is 0 Å². The van der Waals surface area contributed by atoms with E-state index in [1.54, 1.807) is 24.3 Å². The molecule has 2 rings (SSSR count). The van der Waals surface area contributed by atoms with Crippen LogP contribution >= 0.6 is 11.6 Å². The third-order valence-electron chi connectivity index (χ3n) is 3.67. The number of aliphatic hydroxyl groups excluding tert-OH is 1. The predicted octanol–water partition coefficient (Wildman–Crippen LogP) is 3.05. The molecule has 5 heteroatoms. The maximum absolute atomic E-state index is 14.0. The standard InChI is InChI=1S/C16H16ClF2NO/c17-13-6-5-11(7-15(13)19)8-16(9-20,10-21)12-3-1-2-4-14(12)18/h1-7,21H,8-10,20H2. The Morgan fingerprint density at radius 3 is 2.38 bits per heavy atom. The third-order valence-corrected chi connectivity index (χ3v) is 3.97. The van der Waals surface area contributed by atoms with Crippen molar-refractivity contribution in [1.29, 1.82) is 0 Å². The van der Waals surface area contributed by atoms with Crippen molar-refractivity contribution in [3.8, 4) is 0 Å². The van der Waals surface area contributed by atoms with Gasteiger partial charge < -0.3 is 10.8 Å². The SMILES string of the molecule is NCC(CO)(Cc1ccc(Cl)c(F)c1)c1ccccc1F. The molecule has 0 aliphatic heterocycles. The van der Waals surface area contributed by atoms with Gasteiger partial charge in [-0.05, 0) is 35.7 Å². The van der Waals surface area contributed by atoms with E-state index in [2.05, 4.69) is 0 Å². The number of halogens is 3. The van der Waals surface area contributed by atoms with Crippen LogP contribution in [0, 0.1) is 11.6 Å². The van der Waals surface area contributed by atoms with Gasteiger partial charge in [0.25, 0.3) is 0 Å². The van der Waals surface area contributed by atoms with E-state index in [9.17, 15) is 13.9 Å². The zero-order chi connectivity index (χ0) is 15.5. The summed E-state index contributed by atoms with van der Waals surface area (Å²) >= 11 is 5.65. The monoisotopic (exact) mass is 311 g/mol. The summed E-state index contributed by atoms with van der Waals surface area (Å²) < 4.78 is 27.6. The van der Waals surface area contributed by atoms with Crippen LogP contribution in [0.2, 0.25) is 5.02 Å². The molecule has 0 aromatic heterocycles. The lowest BCUT2D eigenvalue weighted by atomic mass is 9.76. The van der Waals surface area contributed by atoms with Gasteiger partial charge in [-0.15, -0.1) is 0 Å². The quantitative estimate of drug-likeness (QED) is 0.891. The largest absolute Gasteiger partial charge is 0.395 e. The van der Waals surface area contributed by atoms with Crippen LogP contribution in [0.4, 0.5) is 8.78 Å². The minimum absolute atomic E-state index is 0.0204. The second-order valence-electron chi connectivity index (χ2n) is 5.05. The summed E-state index contributed by atoms with van der Waals surface area (Å²) in [5.74, 6) is -0.988. The molecule has 0 saturated carbocycles. The van der Waals surface area contributed by atoms with Crippen molar-refractivity contribution in [2.24, 2.45) is 5.73 Å². The Labute approximate surface area is 127 Å². The van der Waals surface area contributed by atoms with Crippen LogP contribution in [0.25, 0.3) is 0 Å². The first-order valence-electron chi connectivity index (χ1n) is 6.52. The molecule has 1 atom stereocenters. The summed E-state index contributed by atoms with van der Waals surface area (Å²) in [6, 6.07) is 10.5. The first-order valence-corrected chi connectivity index (χ1v) is 6.90. The smallest absolute Gasteiger partial charge is 0.142 e. The van der Waals surface area contributed by atoms with Crippen LogP contribution in [0.3, 0.4) is 0 Å². The molecule has 0 spiro atoms. The predicted molar refractivity (Wildman–Crippen MR) is 79.3 cm³/mol. The summed E-state index contributed by atoms with van der Waals surface area (Å²) in [7, 11) is 0. The van der Waals surface area contributed by atoms with Gasteiger partial charge >= 0.3 is 0 Å². The highest BCUT2D eigenvalue weighted by atomic mass is 35.5. The van der Waals surface area contributed by atoms with Gasteiger partial charge in [0.2, 0.25) is 0 Å². The highest BCUT2D eigenvalue weighted by molar-refractivity contribution is 6.30. The minimum atomic E-state index is -0.994. The summed E-state index contributed by atoms with van der Waals surface area (Å²) in [5.41, 5.74) is 5.72. The molecule has 1 unspecified atom stereocenters. The van der Waals surface area contributed by atoms with Crippen LogP contribution in [0.15, 0.2) is 42.5 Å². The van der Waals surface area contributed by atoms with Crippen LogP contribution < -0.4 is 5.73 Å². The molecule has 0 heterocycles. The Kier molecular flexibility index (Phi) is 4.93. The zero-order valence-corrected chi connectivity index (χ0v) is 12.1. The molecule has 2 aromatic rings. The molecule has 0 saturated heterocycles. The topological polar surface area (TPSA) is 46.2 Å². The Morgan fingerprint density at radius 2 is 1.81 bits per heavy atom. The first-order chi connectivity index (χ1) is 10.0. The van der Waals surface area contributed by atoms with E-state index in [0.29, 0.717) is 11.1 Å². The van der Waals surface area contributed by atoms with Gasteiger partial charge in [-0.3, -0.25) is 0 Å². The summed E-state index contributed by atoms with van der Waals surface area (Å²) in [4.78, 5) is 0. The van der Waals surface area contributed by atoms with Crippen molar-refractivity contribution in [3.05, 3.63) is 70.2 Å². The van der Waals surface area contributed by atoms with E-state index in [1.165, 1.54) is 18.2 Å². The molecule has 0 radical (unpaired) electrons. The van der Waals surface area contributed by atoms with E-state index < -0.39 is 17.0 Å². The van der Waals surface area contributed by atoms with Gasteiger partial charge in [-0.25, -0.2) is 8.78 Å². The van der Waals surface area contributed by atoms with E-state index in [1.807, 2.05) is 0 Å². The Balaban J connectivity index is 2.43. The maximum atomic E-state index is 14.0. The maximum Gasteiger partial charge on any atom is 0.142 e. The lowest BCUT2D eigenvalue weighted by Crippen LogP contribution is -2.41. The lowest BCUT2D eigenvalue weighted by molar-refractivity contribution is 0.192. The molecule has 0 aliphatic carbocycles. The van der Waals surface area contributed by atoms with Crippen molar-refractivity contribution in [1.82, 2.24) is 0 Å². The summed E-state index contributed by atoms with van der Waals surface area (Å²) in [6.45, 7) is -0.302. The van der Waals surface area contributed by atoms with E-state index in [-0.39, 0.29) is 24.6 Å². The number of hydrogen-bond acceptors (Lipinski definition) is 2. The average Bonchev–Trinajstić information content (AvgIpc) is 2.49. The first kappa shape index (κ1) is 15.9. The van der Waals surface area contributed by atoms with E-state index >= 15 is 0 Å². The van der Waals surface area contributed by atoms with Gasteiger partial charge in [-0.2, -0.15) is 0 Å². The molecule has 0 amide bonds. The normalized spacial score (nSPS) is 14.0. The fourth-order valence-corrected chi connectivity index (χ4v) is 2.53. The molecule has 21 heavy (non-hydrogen) atoms. The van der Waals surface area contributed by atoms with Crippen LogP contribution in [-0.2, 0) is 11.8 Å². The third kappa shape index (κ3) is 3.23. The second-order valence-corrected chi connectivity index (χ2v) is 5.45. The molecular weight excluding hydrogens is 296 g/mol. The average molecular weight is 312 g/mol. The minimum Gasteiger partial charge on any atom is -0.395 e. The van der Waals surface area contributed by atoms with Gasteiger partial charge in [-0.1, -0.05) is 35.9 Å². The van der Waals surface area contributed by atoms with E-state index in [4.69, 9.17) is 17.3 Å². The highest BCUT2D eigenvalue weighted by Crippen LogP contribution is 2.30. The van der Waals surface area contributed by atoms with Crippen molar-refractivity contribution in [3.63, 3.8) is 0 Å². The lowest BCUT2D eigenvalue weighted by Gasteiger charge is -2.31. The number of nitrogens with two attached hydrogens (primary N) is 1.